The summed E-state index contributed by atoms with van der Waals surface area (Å²) in [6.07, 6.45) is 0.470. The third-order valence-corrected chi connectivity index (χ3v) is 4.39. The van der Waals surface area contributed by atoms with Crippen LogP contribution in [0.5, 0.6) is 0 Å². The zero-order valence-corrected chi connectivity index (χ0v) is 10.2. The molecule has 2 N–H and O–H groups in total. The molecule has 16 heavy (non-hydrogen) atoms. The van der Waals surface area contributed by atoms with Crippen LogP contribution in [0.3, 0.4) is 0 Å². The summed E-state index contributed by atoms with van der Waals surface area (Å²) in [5, 5.41) is 11.6. The van der Waals surface area contributed by atoms with Crippen molar-refractivity contribution in [2.24, 2.45) is 0 Å². The number of rotatable bonds is 5. The number of nitrogens with one attached hydrogen (secondary N) is 1. The van der Waals surface area contributed by atoms with Crippen molar-refractivity contribution < 1.29 is 18.3 Å². The van der Waals surface area contributed by atoms with Crippen LogP contribution in [0.4, 0.5) is 0 Å². The molecule has 0 aliphatic carbocycles. The number of amides is 1. The van der Waals surface area contributed by atoms with Crippen LogP contribution in [0, 0.1) is 0 Å². The van der Waals surface area contributed by atoms with E-state index in [1.807, 2.05) is 0 Å². The lowest BCUT2D eigenvalue weighted by molar-refractivity contribution is -0.132. The van der Waals surface area contributed by atoms with E-state index in [4.69, 9.17) is 5.11 Å². The Kier molecular flexibility index (Phi) is 4.69. The fourth-order valence-electron chi connectivity index (χ4n) is 1.89. The molecular weight excluding hydrogens is 232 g/mol. The Morgan fingerprint density at radius 3 is 2.69 bits per heavy atom. The lowest BCUT2D eigenvalue weighted by atomic mass is 10.2. The molecule has 0 aromatic heterocycles. The highest BCUT2D eigenvalue weighted by atomic mass is 32.2. The van der Waals surface area contributed by atoms with Crippen LogP contribution in [0.15, 0.2) is 0 Å². The van der Waals surface area contributed by atoms with Crippen molar-refractivity contribution in [2.45, 2.75) is 12.5 Å². The summed E-state index contributed by atoms with van der Waals surface area (Å²) >= 11 is 0. The van der Waals surface area contributed by atoms with Crippen LogP contribution in [0.2, 0.25) is 0 Å². The highest BCUT2D eigenvalue weighted by molar-refractivity contribution is 7.91. The minimum Gasteiger partial charge on any atom is -0.395 e. The first-order chi connectivity index (χ1) is 7.50. The minimum absolute atomic E-state index is 0.0163. The van der Waals surface area contributed by atoms with Crippen molar-refractivity contribution >= 4 is 15.7 Å². The maximum atomic E-state index is 11.7. The zero-order valence-electron chi connectivity index (χ0n) is 9.35. The average Bonchev–Trinajstić information content (AvgIpc) is 2.55. The standard InChI is InChI=1S/C9H18N2O4S/c1-10-6-9(13)11(3-4-12)8-2-5-16(14,15)7-8/h8,10,12H,2-7H2,1H3. The summed E-state index contributed by atoms with van der Waals surface area (Å²) in [5.41, 5.74) is 0. The average molecular weight is 250 g/mol. The maximum Gasteiger partial charge on any atom is 0.236 e. The molecule has 1 saturated heterocycles. The summed E-state index contributed by atoms with van der Waals surface area (Å²) < 4.78 is 22.6. The largest absolute Gasteiger partial charge is 0.395 e. The number of likely N-dealkylation sites (N-methyl/N-ethyl adjacent to an activating group) is 1. The van der Waals surface area contributed by atoms with Gasteiger partial charge in [0.25, 0.3) is 0 Å². The van der Waals surface area contributed by atoms with E-state index in [1.165, 1.54) is 4.90 Å². The van der Waals surface area contributed by atoms with Crippen molar-refractivity contribution in [2.75, 3.05) is 38.2 Å². The number of aliphatic hydroxyl groups excluding tert-OH is 1. The number of sulfone groups is 1. The van der Waals surface area contributed by atoms with Crippen LogP contribution < -0.4 is 5.32 Å². The predicted octanol–water partition coefficient (Wildman–Crippen LogP) is -1.79. The summed E-state index contributed by atoms with van der Waals surface area (Å²) in [6, 6.07) is -0.280. The topological polar surface area (TPSA) is 86.7 Å². The Hall–Kier alpha value is -0.660. The number of hydrogen-bond acceptors (Lipinski definition) is 5. The highest BCUT2D eigenvalue weighted by Gasteiger charge is 2.33. The van der Waals surface area contributed by atoms with Crippen molar-refractivity contribution in [3.63, 3.8) is 0 Å². The molecule has 1 heterocycles. The second-order valence-electron chi connectivity index (χ2n) is 3.90. The van der Waals surface area contributed by atoms with Crippen molar-refractivity contribution in [1.82, 2.24) is 10.2 Å². The fourth-order valence-corrected chi connectivity index (χ4v) is 3.62. The van der Waals surface area contributed by atoms with Gasteiger partial charge in [0.05, 0.1) is 24.7 Å². The normalized spacial score (nSPS) is 23.2. The van der Waals surface area contributed by atoms with E-state index in [9.17, 15) is 13.2 Å². The Balaban J connectivity index is 2.67. The van der Waals surface area contributed by atoms with Gasteiger partial charge in [-0.2, -0.15) is 0 Å². The molecule has 1 atom stereocenters. The summed E-state index contributed by atoms with van der Waals surface area (Å²) in [4.78, 5) is 13.1. The first-order valence-corrected chi connectivity index (χ1v) is 7.07. The molecule has 0 aromatic rings. The number of carbonyl (C=O) groups excluding carboxylic acids is 1. The summed E-state index contributed by atoms with van der Waals surface area (Å²) in [7, 11) is -1.35. The lowest BCUT2D eigenvalue weighted by Crippen LogP contribution is -2.46. The van der Waals surface area contributed by atoms with Gasteiger partial charge in [0, 0.05) is 12.6 Å². The first-order valence-electron chi connectivity index (χ1n) is 5.25. The lowest BCUT2D eigenvalue weighted by Gasteiger charge is -2.27. The van der Waals surface area contributed by atoms with Crippen LogP contribution in [0.25, 0.3) is 0 Å². The quantitative estimate of drug-likeness (QED) is 0.602. The Bertz CT molecular complexity index is 341. The van der Waals surface area contributed by atoms with E-state index in [0.29, 0.717) is 6.42 Å². The van der Waals surface area contributed by atoms with Crippen LogP contribution in [-0.4, -0.2) is 68.6 Å². The highest BCUT2D eigenvalue weighted by Crippen LogP contribution is 2.17. The van der Waals surface area contributed by atoms with E-state index in [0.717, 1.165) is 0 Å². The molecular formula is C9H18N2O4S. The van der Waals surface area contributed by atoms with E-state index in [-0.39, 0.29) is 43.2 Å². The minimum atomic E-state index is -3.00. The smallest absolute Gasteiger partial charge is 0.236 e. The Morgan fingerprint density at radius 2 is 2.25 bits per heavy atom. The van der Waals surface area contributed by atoms with Gasteiger partial charge in [-0.15, -0.1) is 0 Å². The second-order valence-corrected chi connectivity index (χ2v) is 6.13. The Labute approximate surface area is 95.5 Å². The van der Waals surface area contributed by atoms with Gasteiger partial charge in [-0.1, -0.05) is 0 Å². The van der Waals surface area contributed by atoms with E-state index >= 15 is 0 Å². The first kappa shape index (κ1) is 13.4. The molecule has 7 heteroatoms. The van der Waals surface area contributed by atoms with Crippen LogP contribution in [0.1, 0.15) is 6.42 Å². The molecule has 0 saturated carbocycles. The molecule has 0 bridgehead atoms. The second kappa shape index (κ2) is 5.60. The Morgan fingerprint density at radius 1 is 1.56 bits per heavy atom. The molecule has 1 fully saturated rings. The van der Waals surface area contributed by atoms with Gasteiger partial charge in [-0.25, -0.2) is 8.42 Å². The van der Waals surface area contributed by atoms with E-state index in [2.05, 4.69) is 5.32 Å². The van der Waals surface area contributed by atoms with Gasteiger partial charge in [0.2, 0.25) is 5.91 Å². The van der Waals surface area contributed by atoms with E-state index in [1.54, 1.807) is 7.05 Å². The van der Waals surface area contributed by atoms with E-state index < -0.39 is 9.84 Å². The zero-order chi connectivity index (χ0) is 12.2. The third kappa shape index (κ3) is 3.43. The molecule has 1 unspecified atom stereocenters. The van der Waals surface area contributed by atoms with Gasteiger partial charge in [-0.3, -0.25) is 4.79 Å². The van der Waals surface area contributed by atoms with Crippen LogP contribution >= 0.6 is 0 Å². The van der Waals surface area contributed by atoms with Gasteiger partial charge >= 0.3 is 0 Å². The monoisotopic (exact) mass is 250 g/mol. The summed E-state index contributed by atoms with van der Waals surface area (Å²) in [6.45, 7) is 0.212. The van der Waals surface area contributed by atoms with Gasteiger partial charge < -0.3 is 15.3 Å². The predicted molar refractivity (Wildman–Crippen MR) is 59.8 cm³/mol. The van der Waals surface area contributed by atoms with Gasteiger partial charge in [-0.05, 0) is 13.5 Å². The number of hydrogen-bond donors (Lipinski definition) is 2. The number of carbonyl (C=O) groups is 1. The number of aliphatic hydroxyl groups is 1. The molecule has 0 radical (unpaired) electrons. The van der Waals surface area contributed by atoms with Gasteiger partial charge in [0.15, 0.2) is 9.84 Å². The number of nitrogens with zero attached hydrogens (tertiary/aromatic N) is 1. The molecule has 1 aliphatic rings. The molecule has 1 rings (SSSR count). The molecule has 1 amide bonds. The van der Waals surface area contributed by atoms with Gasteiger partial charge in [0.1, 0.15) is 0 Å². The molecule has 94 valence electrons. The van der Waals surface area contributed by atoms with Crippen molar-refractivity contribution in [3.8, 4) is 0 Å². The third-order valence-electron chi connectivity index (χ3n) is 2.64. The molecule has 1 aliphatic heterocycles. The molecule has 6 nitrogen and oxygen atoms in total. The van der Waals surface area contributed by atoms with Crippen LogP contribution in [-0.2, 0) is 14.6 Å². The van der Waals surface area contributed by atoms with Crippen molar-refractivity contribution in [1.29, 1.82) is 0 Å². The van der Waals surface area contributed by atoms with Crippen molar-refractivity contribution in [3.05, 3.63) is 0 Å². The fraction of sp³-hybridized carbons (Fsp3) is 0.889. The molecule has 0 spiro atoms. The molecule has 0 aromatic carbocycles. The summed E-state index contributed by atoms with van der Waals surface area (Å²) in [5.74, 6) is -0.0202. The maximum absolute atomic E-state index is 11.7. The SMILES string of the molecule is CNCC(=O)N(CCO)C1CCS(=O)(=O)C1.